The van der Waals surface area contributed by atoms with Crippen molar-refractivity contribution in [1.82, 2.24) is 10.2 Å². The Balaban J connectivity index is 1.87. The number of carbonyl (C=O) groups excluding carboxylic acids is 2. The fraction of sp³-hybridized carbons (Fsp3) is 0.231. The van der Waals surface area contributed by atoms with Crippen LogP contribution in [-0.2, 0) is 22.6 Å². The van der Waals surface area contributed by atoms with Crippen LogP contribution in [0.4, 0.5) is 0 Å². The molecule has 0 unspecified atom stereocenters. The van der Waals surface area contributed by atoms with Crippen molar-refractivity contribution in [1.29, 1.82) is 0 Å². The van der Waals surface area contributed by atoms with Crippen molar-refractivity contribution < 1.29 is 14.3 Å². The average molecular weight is 621 g/mol. The van der Waals surface area contributed by atoms with Gasteiger partial charge in [-0.15, -0.1) is 0 Å². The number of rotatable bonds is 10. The normalized spacial score (nSPS) is 11.5. The maximum absolute atomic E-state index is 13.4. The Morgan fingerprint density at radius 2 is 1.64 bits per heavy atom. The monoisotopic (exact) mass is 620 g/mol. The van der Waals surface area contributed by atoms with E-state index < -0.39 is 6.04 Å². The fourth-order valence-corrected chi connectivity index (χ4v) is 4.02. The highest BCUT2D eigenvalue weighted by atomic mass is 127. The van der Waals surface area contributed by atoms with E-state index >= 15 is 0 Å². The Labute approximate surface area is 216 Å². The molecular weight excluding hydrogens is 595 g/mol. The Hall–Kier alpha value is -2.39. The summed E-state index contributed by atoms with van der Waals surface area (Å²) in [6, 6.07) is 24.3. The minimum Gasteiger partial charge on any atom is -0.484 e. The smallest absolute Gasteiger partial charge is 0.261 e. The third-order valence-electron chi connectivity index (χ3n) is 5.06. The molecular formula is C26H26BrIN2O3. The van der Waals surface area contributed by atoms with Gasteiger partial charge in [-0.05, 0) is 77.0 Å². The summed E-state index contributed by atoms with van der Waals surface area (Å²) in [4.78, 5) is 28.1. The lowest BCUT2D eigenvalue weighted by Crippen LogP contribution is -2.51. The lowest BCUT2D eigenvalue weighted by atomic mass is 10.0. The fourth-order valence-electron chi connectivity index (χ4n) is 3.39. The van der Waals surface area contributed by atoms with Gasteiger partial charge in [0.1, 0.15) is 11.8 Å². The molecule has 5 nitrogen and oxygen atoms in total. The molecule has 3 aromatic rings. The quantitative estimate of drug-likeness (QED) is 0.317. The number of ether oxygens (including phenoxy) is 1. The van der Waals surface area contributed by atoms with E-state index in [9.17, 15) is 9.59 Å². The lowest BCUT2D eigenvalue weighted by molar-refractivity contribution is -0.142. The van der Waals surface area contributed by atoms with Crippen molar-refractivity contribution in [2.24, 2.45) is 0 Å². The van der Waals surface area contributed by atoms with Crippen LogP contribution in [0.5, 0.6) is 5.75 Å². The van der Waals surface area contributed by atoms with Crippen molar-refractivity contribution in [3.8, 4) is 5.75 Å². The first-order chi connectivity index (χ1) is 16.0. The van der Waals surface area contributed by atoms with E-state index in [-0.39, 0.29) is 18.4 Å². The molecule has 0 spiro atoms. The largest absolute Gasteiger partial charge is 0.484 e. The van der Waals surface area contributed by atoms with Gasteiger partial charge in [0.25, 0.3) is 5.91 Å². The molecule has 7 heteroatoms. The summed E-state index contributed by atoms with van der Waals surface area (Å²) >= 11 is 5.67. The van der Waals surface area contributed by atoms with E-state index in [2.05, 4.69) is 43.8 Å². The van der Waals surface area contributed by atoms with Crippen molar-refractivity contribution in [3.63, 3.8) is 0 Å². The molecule has 0 aliphatic rings. The Bertz CT molecular complexity index is 1040. The van der Waals surface area contributed by atoms with Gasteiger partial charge in [0, 0.05) is 27.6 Å². The van der Waals surface area contributed by atoms with Crippen LogP contribution in [0.25, 0.3) is 0 Å². The number of halogens is 2. The molecule has 0 fully saturated rings. The number of likely N-dealkylation sites (N-methyl/N-ethyl adjacent to an activating group) is 1. The summed E-state index contributed by atoms with van der Waals surface area (Å²) in [5.41, 5.74) is 1.92. The SMILES string of the molecule is CCNC(=O)[C@@H](Cc1ccccc1)N(Cc1ccc(Br)cc1)C(=O)COc1ccc(I)cc1. The molecule has 0 bridgehead atoms. The number of hydrogen-bond acceptors (Lipinski definition) is 3. The van der Waals surface area contributed by atoms with Crippen LogP contribution in [0.2, 0.25) is 0 Å². The van der Waals surface area contributed by atoms with Crippen LogP contribution < -0.4 is 10.1 Å². The highest BCUT2D eigenvalue weighted by molar-refractivity contribution is 14.1. The minimum absolute atomic E-state index is 0.151. The maximum atomic E-state index is 13.4. The molecule has 33 heavy (non-hydrogen) atoms. The Morgan fingerprint density at radius 3 is 2.27 bits per heavy atom. The van der Waals surface area contributed by atoms with Gasteiger partial charge in [-0.1, -0.05) is 58.4 Å². The second-order valence-electron chi connectivity index (χ2n) is 7.49. The minimum atomic E-state index is -0.663. The Morgan fingerprint density at radius 1 is 0.970 bits per heavy atom. The van der Waals surface area contributed by atoms with Crippen LogP contribution in [0.3, 0.4) is 0 Å². The molecule has 0 radical (unpaired) electrons. The van der Waals surface area contributed by atoms with E-state index in [1.165, 1.54) is 0 Å². The van der Waals surface area contributed by atoms with Crippen LogP contribution in [-0.4, -0.2) is 35.9 Å². The second-order valence-corrected chi connectivity index (χ2v) is 9.65. The van der Waals surface area contributed by atoms with Gasteiger partial charge in [-0.25, -0.2) is 0 Å². The van der Waals surface area contributed by atoms with Gasteiger partial charge in [-0.2, -0.15) is 0 Å². The summed E-state index contributed by atoms with van der Waals surface area (Å²) in [5, 5.41) is 2.89. The van der Waals surface area contributed by atoms with Crippen molar-refractivity contribution in [2.75, 3.05) is 13.2 Å². The zero-order valence-corrected chi connectivity index (χ0v) is 22.1. The highest BCUT2D eigenvalue weighted by Crippen LogP contribution is 2.18. The first-order valence-corrected chi connectivity index (χ1v) is 12.6. The zero-order chi connectivity index (χ0) is 23.6. The molecule has 172 valence electrons. The van der Waals surface area contributed by atoms with Crippen LogP contribution in [0.1, 0.15) is 18.1 Å². The van der Waals surface area contributed by atoms with Crippen molar-refractivity contribution in [2.45, 2.75) is 25.9 Å². The second kappa shape index (κ2) is 12.7. The van der Waals surface area contributed by atoms with Gasteiger partial charge >= 0.3 is 0 Å². The standard InChI is InChI=1S/C26H26BrIN2O3/c1-2-29-26(32)24(16-19-6-4-3-5-7-19)30(17-20-8-10-21(27)11-9-20)25(31)18-33-23-14-12-22(28)13-15-23/h3-15,24H,2,16-18H2,1H3,(H,29,32)/t24-/m1/s1. The van der Waals surface area contributed by atoms with Gasteiger partial charge in [0.15, 0.2) is 6.61 Å². The molecule has 1 atom stereocenters. The first kappa shape index (κ1) is 25.2. The van der Waals surface area contributed by atoms with Gasteiger partial charge < -0.3 is 15.0 Å². The molecule has 0 aromatic heterocycles. The van der Waals surface area contributed by atoms with Gasteiger partial charge in [0.2, 0.25) is 5.91 Å². The van der Waals surface area contributed by atoms with Crippen LogP contribution in [0.15, 0.2) is 83.3 Å². The number of nitrogens with zero attached hydrogens (tertiary/aromatic N) is 1. The van der Waals surface area contributed by atoms with E-state index in [1.807, 2.05) is 85.8 Å². The number of benzene rings is 3. The molecule has 2 amide bonds. The average Bonchev–Trinajstić information content (AvgIpc) is 2.82. The summed E-state index contributed by atoms with van der Waals surface area (Å²) < 4.78 is 7.81. The molecule has 3 aromatic carbocycles. The summed E-state index contributed by atoms with van der Waals surface area (Å²) in [6.45, 7) is 2.51. The zero-order valence-electron chi connectivity index (χ0n) is 18.3. The molecule has 1 N–H and O–H groups in total. The van der Waals surface area contributed by atoms with Crippen molar-refractivity contribution >= 4 is 50.3 Å². The third kappa shape index (κ3) is 7.85. The van der Waals surface area contributed by atoms with E-state index in [1.54, 1.807) is 4.90 Å². The molecule has 0 heterocycles. The Kier molecular flexibility index (Phi) is 9.75. The predicted molar refractivity (Wildman–Crippen MR) is 142 cm³/mol. The summed E-state index contributed by atoms with van der Waals surface area (Å²) in [5.74, 6) is 0.190. The van der Waals surface area contributed by atoms with Crippen molar-refractivity contribution in [3.05, 3.63) is 98.0 Å². The topological polar surface area (TPSA) is 58.6 Å². The van der Waals surface area contributed by atoms with Crippen LogP contribution >= 0.6 is 38.5 Å². The molecule has 0 aliphatic heterocycles. The maximum Gasteiger partial charge on any atom is 0.261 e. The summed E-state index contributed by atoms with van der Waals surface area (Å²) in [6.07, 6.45) is 0.415. The number of amides is 2. The van der Waals surface area contributed by atoms with Gasteiger partial charge in [-0.3, -0.25) is 9.59 Å². The highest BCUT2D eigenvalue weighted by Gasteiger charge is 2.30. The first-order valence-electron chi connectivity index (χ1n) is 10.7. The van der Waals surface area contributed by atoms with E-state index in [4.69, 9.17) is 4.74 Å². The molecule has 3 rings (SSSR count). The number of nitrogens with one attached hydrogen (secondary N) is 1. The van der Waals surface area contributed by atoms with Gasteiger partial charge in [0.05, 0.1) is 0 Å². The molecule has 0 saturated heterocycles. The van der Waals surface area contributed by atoms with Crippen LogP contribution in [0, 0.1) is 3.57 Å². The lowest BCUT2D eigenvalue weighted by Gasteiger charge is -2.31. The molecule has 0 aliphatic carbocycles. The van der Waals surface area contributed by atoms with E-state index in [0.717, 1.165) is 19.2 Å². The third-order valence-corrected chi connectivity index (χ3v) is 6.31. The number of hydrogen-bond donors (Lipinski definition) is 1. The summed E-state index contributed by atoms with van der Waals surface area (Å²) in [7, 11) is 0. The predicted octanol–water partition coefficient (Wildman–Crippen LogP) is 5.21. The number of carbonyl (C=O) groups is 2. The van der Waals surface area contributed by atoms with E-state index in [0.29, 0.717) is 25.3 Å². The molecule has 0 saturated carbocycles.